The molecule has 3 rings (SSSR count). The van der Waals surface area contributed by atoms with E-state index in [1.807, 2.05) is 53.9 Å². The van der Waals surface area contributed by atoms with Crippen molar-refractivity contribution in [3.63, 3.8) is 0 Å². The standard InChI is InChI=1S/C19H16N2O4S/c22-17(18(23)25-12-11-24-15-9-5-2-6-10-15)21-19-20-16(13-26-19)14-7-3-1-4-8-14/h1-10,13H,11-12H2,(H,20,21,22). The minimum atomic E-state index is -0.974. The Kier molecular flexibility index (Phi) is 5.95. The number of carbonyl (C=O) groups is 2. The first-order chi connectivity index (χ1) is 12.7. The highest BCUT2D eigenvalue weighted by Crippen LogP contribution is 2.24. The first kappa shape index (κ1) is 17.6. The van der Waals surface area contributed by atoms with Crippen LogP contribution in [0.2, 0.25) is 0 Å². The maximum atomic E-state index is 11.9. The number of hydrogen-bond acceptors (Lipinski definition) is 6. The molecule has 1 heterocycles. The molecule has 0 aliphatic heterocycles. The third-order valence-electron chi connectivity index (χ3n) is 3.31. The second kappa shape index (κ2) is 8.77. The molecule has 0 unspecified atom stereocenters. The number of benzene rings is 2. The van der Waals surface area contributed by atoms with Crippen LogP contribution in [0, 0.1) is 0 Å². The molecular weight excluding hydrogens is 352 g/mol. The molecule has 6 nitrogen and oxygen atoms in total. The lowest BCUT2D eigenvalue weighted by molar-refractivity contribution is -0.153. The van der Waals surface area contributed by atoms with Crippen LogP contribution in [-0.4, -0.2) is 30.1 Å². The lowest BCUT2D eigenvalue weighted by Gasteiger charge is -2.06. The largest absolute Gasteiger partial charge is 0.490 e. The summed E-state index contributed by atoms with van der Waals surface area (Å²) >= 11 is 1.24. The Balaban J connectivity index is 1.44. The number of nitrogens with zero attached hydrogens (tertiary/aromatic N) is 1. The summed E-state index contributed by atoms with van der Waals surface area (Å²) in [7, 11) is 0. The Hall–Kier alpha value is -3.19. The molecule has 0 aliphatic carbocycles. The van der Waals surface area contributed by atoms with Crippen LogP contribution in [0.5, 0.6) is 5.75 Å². The van der Waals surface area contributed by atoms with Crippen LogP contribution in [0.4, 0.5) is 5.13 Å². The highest BCUT2D eigenvalue weighted by atomic mass is 32.1. The number of amides is 1. The zero-order valence-corrected chi connectivity index (χ0v) is 14.6. The molecule has 26 heavy (non-hydrogen) atoms. The summed E-state index contributed by atoms with van der Waals surface area (Å²) in [4.78, 5) is 27.9. The number of anilines is 1. The molecule has 1 aromatic heterocycles. The van der Waals surface area contributed by atoms with Gasteiger partial charge in [0.05, 0.1) is 5.69 Å². The van der Waals surface area contributed by atoms with Gasteiger partial charge >= 0.3 is 11.9 Å². The van der Waals surface area contributed by atoms with Crippen LogP contribution in [0.1, 0.15) is 0 Å². The number of hydrogen-bond donors (Lipinski definition) is 1. The maximum Gasteiger partial charge on any atom is 0.397 e. The number of rotatable bonds is 6. The lowest BCUT2D eigenvalue weighted by atomic mass is 10.2. The van der Waals surface area contributed by atoms with E-state index in [1.165, 1.54) is 11.3 Å². The molecule has 3 aromatic rings. The number of esters is 1. The molecule has 0 fully saturated rings. The lowest BCUT2D eigenvalue weighted by Crippen LogP contribution is -2.26. The number of nitrogens with one attached hydrogen (secondary N) is 1. The summed E-state index contributed by atoms with van der Waals surface area (Å²) in [6.07, 6.45) is 0. The molecule has 0 bridgehead atoms. The Morgan fingerprint density at radius 3 is 2.38 bits per heavy atom. The van der Waals surface area contributed by atoms with Gasteiger partial charge in [0.1, 0.15) is 19.0 Å². The third-order valence-corrected chi connectivity index (χ3v) is 4.07. The fourth-order valence-corrected chi connectivity index (χ4v) is 2.81. The van der Waals surface area contributed by atoms with Crippen molar-refractivity contribution >= 4 is 28.3 Å². The van der Waals surface area contributed by atoms with Gasteiger partial charge in [-0.2, -0.15) is 0 Å². The highest BCUT2D eigenvalue weighted by molar-refractivity contribution is 7.14. The molecule has 2 aromatic carbocycles. The summed E-state index contributed by atoms with van der Waals surface area (Å²) in [6, 6.07) is 18.7. The highest BCUT2D eigenvalue weighted by Gasteiger charge is 2.17. The van der Waals surface area contributed by atoms with Gasteiger partial charge in [-0.1, -0.05) is 48.5 Å². The molecule has 0 saturated carbocycles. The van der Waals surface area contributed by atoms with Gasteiger partial charge in [0.25, 0.3) is 0 Å². The molecule has 132 valence electrons. The monoisotopic (exact) mass is 368 g/mol. The van der Waals surface area contributed by atoms with E-state index < -0.39 is 11.9 Å². The van der Waals surface area contributed by atoms with Crippen LogP contribution >= 0.6 is 11.3 Å². The number of thiazole rings is 1. The van der Waals surface area contributed by atoms with Gasteiger partial charge in [-0.3, -0.25) is 10.1 Å². The molecule has 1 N–H and O–H groups in total. The van der Waals surface area contributed by atoms with E-state index in [4.69, 9.17) is 9.47 Å². The molecule has 0 aliphatic rings. The zero-order chi connectivity index (χ0) is 18.2. The van der Waals surface area contributed by atoms with Crippen molar-refractivity contribution in [2.45, 2.75) is 0 Å². The Labute approximate surface area is 154 Å². The van der Waals surface area contributed by atoms with Crippen LogP contribution in [0.25, 0.3) is 11.3 Å². The normalized spacial score (nSPS) is 10.2. The van der Waals surface area contributed by atoms with E-state index in [9.17, 15) is 9.59 Å². The van der Waals surface area contributed by atoms with E-state index in [-0.39, 0.29) is 13.2 Å². The molecule has 7 heteroatoms. The fourth-order valence-electron chi connectivity index (χ4n) is 2.10. The molecule has 0 radical (unpaired) electrons. The summed E-state index contributed by atoms with van der Waals surface area (Å²) in [5, 5.41) is 4.59. The van der Waals surface area contributed by atoms with Gasteiger partial charge in [0.15, 0.2) is 5.13 Å². The van der Waals surface area contributed by atoms with E-state index in [2.05, 4.69) is 10.3 Å². The number of carbonyl (C=O) groups excluding carboxylic acids is 2. The minimum Gasteiger partial charge on any atom is -0.490 e. The summed E-state index contributed by atoms with van der Waals surface area (Å²) in [5.41, 5.74) is 1.67. The maximum absolute atomic E-state index is 11.9. The fraction of sp³-hybridized carbons (Fsp3) is 0.105. The summed E-state index contributed by atoms with van der Waals surface area (Å²) in [6.45, 7) is 0.146. The van der Waals surface area contributed by atoms with Gasteiger partial charge < -0.3 is 9.47 Å². The van der Waals surface area contributed by atoms with Crippen molar-refractivity contribution in [3.8, 4) is 17.0 Å². The minimum absolute atomic E-state index is 0.0196. The molecule has 1 amide bonds. The van der Waals surface area contributed by atoms with Gasteiger partial charge in [-0.25, -0.2) is 9.78 Å². The average Bonchev–Trinajstić information content (AvgIpc) is 3.15. The smallest absolute Gasteiger partial charge is 0.397 e. The topological polar surface area (TPSA) is 77.5 Å². The van der Waals surface area contributed by atoms with Gasteiger partial charge in [0, 0.05) is 10.9 Å². The average molecular weight is 368 g/mol. The molecule has 0 atom stereocenters. The van der Waals surface area contributed by atoms with Crippen molar-refractivity contribution in [1.29, 1.82) is 0 Å². The van der Waals surface area contributed by atoms with Crippen LogP contribution in [0.3, 0.4) is 0 Å². The summed E-state index contributed by atoms with van der Waals surface area (Å²) in [5.74, 6) is -1.17. The van der Waals surface area contributed by atoms with Crippen molar-refractivity contribution < 1.29 is 19.1 Å². The first-order valence-corrected chi connectivity index (χ1v) is 8.77. The first-order valence-electron chi connectivity index (χ1n) is 7.89. The van der Waals surface area contributed by atoms with Crippen molar-refractivity contribution in [3.05, 3.63) is 66.0 Å². The van der Waals surface area contributed by atoms with Gasteiger partial charge in [-0.15, -0.1) is 11.3 Å². The Bertz CT molecular complexity index is 866. The predicted octanol–water partition coefficient (Wildman–Crippen LogP) is 3.37. The zero-order valence-electron chi connectivity index (χ0n) is 13.8. The van der Waals surface area contributed by atoms with Crippen LogP contribution in [0.15, 0.2) is 66.0 Å². The quantitative estimate of drug-likeness (QED) is 0.410. The molecular formula is C19H16N2O4S. The Morgan fingerprint density at radius 1 is 0.962 bits per heavy atom. The van der Waals surface area contributed by atoms with E-state index in [0.29, 0.717) is 10.9 Å². The third kappa shape index (κ3) is 4.90. The van der Waals surface area contributed by atoms with Crippen LogP contribution < -0.4 is 10.1 Å². The molecule has 0 saturated heterocycles. The van der Waals surface area contributed by atoms with Crippen molar-refractivity contribution in [2.75, 3.05) is 18.5 Å². The molecule has 0 spiro atoms. The van der Waals surface area contributed by atoms with E-state index in [1.54, 1.807) is 12.1 Å². The second-order valence-corrected chi connectivity index (χ2v) is 6.01. The number of aromatic nitrogens is 1. The summed E-state index contributed by atoms with van der Waals surface area (Å²) < 4.78 is 10.3. The predicted molar refractivity (Wildman–Crippen MR) is 99.1 cm³/mol. The van der Waals surface area contributed by atoms with Crippen molar-refractivity contribution in [2.24, 2.45) is 0 Å². The number of ether oxygens (including phenoxy) is 2. The van der Waals surface area contributed by atoms with Crippen LogP contribution in [-0.2, 0) is 14.3 Å². The number of para-hydroxylation sites is 1. The van der Waals surface area contributed by atoms with E-state index in [0.717, 1.165) is 11.3 Å². The van der Waals surface area contributed by atoms with E-state index >= 15 is 0 Å². The SMILES string of the molecule is O=C(Nc1nc(-c2ccccc2)cs1)C(=O)OCCOc1ccccc1. The second-order valence-electron chi connectivity index (χ2n) is 5.16. The van der Waals surface area contributed by atoms with Gasteiger partial charge in [-0.05, 0) is 12.1 Å². The van der Waals surface area contributed by atoms with Gasteiger partial charge in [0.2, 0.25) is 0 Å². The Morgan fingerprint density at radius 2 is 1.65 bits per heavy atom. The van der Waals surface area contributed by atoms with Crippen molar-refractivity contribution in [1.82, 2.24) is 4.98 Å².